The third-order valence-corrected chi connectivity index (χ3v) is 4.54. The highest BCUT2D eigenvalue weighted by atomic mass is 32.2. The second-order valence-corrected chi connectivity index (χ2v) is 7.24. The molecule has 0 aliphatic carbocycles. The largest absolute Gasteiger partial charge is 0.598 e. The minimum Gasteiger partial charge on any atom is -0.598 e. The van der Waals surface area contributed by atoms with Gasteiger partial charge in [0.25, 0.3) is 0 Å². The number of nitrogens with one attached hydrogen (secondary N) is 1. The molecule has 1 N–H and O–H groups in total. The summed E-state index contributed by atoms with van der Waals surface area (Å²) in [7, 11) is 0. The van der Waals surface area contributed by atoms with Crippen molar-refractivity contribution in [2.45, 2.75) is 44.5 Å². The molecule has 0 aromatic carbocycles. The number of hydrogen-bond acceptors (Lipinski definition) is 3. The fourth-order valence-corrected chi connectivity index (χ4v) is 2.82. The molecule has 2 heterocycles. The molecular weight excluding hydrogens is 234 g/mol. The first kappa shape index (κ1) is 12.5. The third-order valence-electron chi connectivity index (χ3n) is 2.93. The summed E-state index contributed by atoms with van der Waals surface area (Å²) >= 11 is -1.07. The predicted molar refractivity (Wildman–Crippen MR) is 67.5 cm³/mol. The van der Waals surface area contributed by atoms with Crippen LogP contribution in [0.15, 0.2) is 12.1 Å². The van der Waals surface area contributed by atoms with Gasteiger partial charge in [-0.25, -0.2) is 0 Å². The van der Waals surface area contributed by atoms with Crippen LogP contribution in [0.1, 0.15) is 44.6 Å². The molecule has 0 radical (unpaired) electrons. The van der Waals surface area contributed by atoms with Gasteiger partial charge in [-0.15, -0.1) is 4.72 Å². The Morgan fingerprint density at radius 2 is 2.24 bits per heavy atom. The lowest BCUT2D eigenvalue weighted by Gasteiger charge is -2.26. The first-order chi connectivity index (χ1) is 7.93. The van der Waals surface area contributed by atoms with Gasteiger partial charge < -0.3 is 9.12 Å². The maximum absolute atomic E-state index is 12.0. The van der Waals surface area contributed by atoms with Gasteiger partial charge in [-0.3, -0.25) is 0 Å². The Bertz CT molecular complexity index is 455. The monoisotopic (exact) mass is 251 g/mol. The van der Waals surface area contributed by atoms with E-state index in [0.29, 0.717) is 5.69 Å². The van der Waals surface area contributed by atoms with Crippen molar-refractivity contribution in [3.8, 4) is 6.07 Å². The summed E-state index contributed by atoms with van der Waals surface area (Å²) in [6.07, 6.45) is 0.896. The lowest BCUT2D eigenvalue weighted by atomic mass is 10.2. The molecule has 1 aliphatic rings. The Morgan fingerprint density at radius 1 is 1.53 bits per heavy atom. The Morgan fingerprint density at radius 3 is 2.82 bits per heavy atom. The molecule has 4 nitrogen and oxygen atoms in total. The first-order valence-corrected chi connectivity index (χ1v) is 6.86. The molecular formula is C12H17N3OS. The van der Waals surface area contributed by atoms with Crippen molar-refractivity contribution in [2.24, 2.45) is 0 Å². The van der Waals surface area contributed by atoms with Crippen LogP contribution in [0, 0.1) is 11.3 Å². The number of nitriles is 1. The van der Waals surface area contributed by atoms with Gasteiger partial charge in [-0.05, 0) is 39.3 Å². The molecule has 0 saturated carbocycles. The standard InChI is InChI=1S/C12H17N3OS/c1-12(2,3)17(16)14-10-6-7-15-9(8-13)4-5-11(10)15/h4-5,10,14H,6-7H2,1-3H3/t10-,17?/m0/s1. The molecule has 1 aliphatic heterocycles. The fourth-order valence-electron chi connectivity index (χ4n) is 1.97. The molecule has 2 rings (SSSR count). The van der Waals surface area contributed by atoms with Gasteiger partial charge in [0, 0.05) is 23.6 Å². The summed E-state index contributed by atoms with van der Waals surface area (Å²) < 4.78 is 16.9. The predicted octanol–water partition coefficient (Wildman–Crippen LogP) is 1.86. The maximum Gasteiger partial charge on any atom is 0.136 e. The Hall–Kier alpha value is -0.960. The lowest BCUT2D eigenvalue weighted by molar-refractivity contribution is 0.521. The van der Waals surface area contributed by atoms with Gasteiger partial charge in [-0.2, -0.15) is 5.26 Å². The smallest absolute Gasteiger partial charge is 0.136 e. The van der Waals surface area contributed by atoms with Crippen molar-refractivity contribution in [1.82, 2.24) is 9.29 Å². The van der Waals surface area contributed by atoms with E-state index in [4.69, 9.17) is 5.26 Å². The zero-order valence-corrected chi connectivity index (χ0v) is 11.2. The van der Waals surface area contributed by atoms with E-state index in [9.17, 15) is 4.55 Å². The molecule has 5 heteroatoms. The number of rotatable bonds is 2. The van der Waals surface area contributed by atoms with E-state index in [1.54, 1.807) is 0 Å². The zero-order valence-electron chi connectivity index (χ0n) is 10.4. The van der Waals surface area contributed by atoms with Crippen LogP contribution in [0.4, 0.5) is 0 Å². The van der Waals surface area contributed by atoms with Crippen LogP contribution in [0.3, 0.4) is 0 Å². The van der Waals surface area contributed by atoms with Crippen molar-refractivity contribution in [1.29, 1.82) is 5.26 Å². The Kier molecular flexibility index (Phi) is 3.21. The SMILES string of the molecule is CC(C)(C)[S+]([O-])N[C@H]1CCn2c(C#N)ccc21. The molecule has 0 saturated heterocycles. The molecule has 1 aromatic rings. The number of hydrogen-bond donors (Lipinski definition) is 1. The van der Waals surface area contributed by atoms with E-state index >= 15 is 0 Å². The first-order valence-electron chi connectivity index (χ1n) is 5.71. The molecule has 1 unspecified atom stereocenters. The Labute approximate surface area is 105 Å². The molecule has 0 spiro atoms. The quantitative estimate of drug-likeness (QED) is 0.816. The van der Waals surface area contributed by atoms with Gasteiger partial charge >= 0.3 is 0 Å². The van der Waals surface area contributed by atoms with Gasteiger partial charge in [0.15, 0.2) is 0 Å². The lowest BCUT2D eigenvalue weighted by Crippen LogP contribution is -2.40. The highest BCUT2D eigenvalue weighted by Crippen LogP contribution is 2.30. The minimum atomic E-state index is -1.07. The summed E-state index contributed by atoms with van der Waals surface area (Å²) in [5.41, 5.74) is 1.75. The number of fused-ring (bicyclic) bond motifs is 1. The van der Waals surface area contributed by atoms with Crippen molar-refractivity contribution >= 4 is 11.4 Å². The van der Waals surface area contributed by atoms with Crippen LogP contribution in [-0.2, 0) is 17.9 Å². The van der Waals surface area contributed by atoms with Gasteiger partial charge in [0.1, 0.15) is 16.5 Å². The molecule has 0 bridgehead atoms. The highest BCUT2D eigenvalue weighted by Gasteiger charge is 2.33. The molecule has 0 amide bonds. The summed E-state index contributed by atoms with van der Waals surface area (Å²) in [6.45, 7) is 6.67. The van der Waals surface area contributed by atoms with Crippen LogP contribution in [0.25, 0.3) is 0 Å². The van der Waals surface area contributed by atoms with Gasteiger partial charge in [0.2, 0.25) is 0 Å². The highest BCUT2D eigenvalue weighted by molar-refractivity contribution is 7.90. The average Bonchev–Trinajstić information content (AvgIpc) is 2.79. The third kappa shape index (κ3) is 2.34. The minimum absolute atomic E-state index is 0.0946. The summed E-state index contributed by atoms with van der Waals surface area (Å²) in [6, 6.07) is 6.04. The molecule has 2 atom stereocenters. The second-order valence-electron chi connectivity index (χ2n) is 5.25. The van der Waals surface area contributed by atoms with Crippen LogP contribution >= 0.6 is 0 Å². The van der Waals surface area contributed by atoms with Gasteiger partial charge in [-0.1, -0.05) is 0 Å². The van der Waals surface area contributed by atoms with Gasteiger partial charge in [0.05, 0.1) is 6.04 Å². The number of aromatic nitrogens is 1. The molecule has 92 valence electrons. The van der Waals surface area contributed by atoms with E-state index in [2.05, 4.69) is 10.8 Å². The fraction of sp³-hybridized carbons (Fsp3) is 0.583. The van der Waals surface area contributed by atoms with E-state index < -0.39 is 11.4 Å². The van der Waals surface area contributed by atoms with Crippen molar-refractivity contribution in [2.75, 3.05) is 0 Å². The van der Waals surface area contributed by atoms with Crippen molar-refractivity contribution in [3.63, 3.8) is 0 Å². The zero-order chi connectivity index (χ0) is 12.6. The van der Waals surface area contributed by atoms with E-state index in [-0.39, 0.29) is 10.8 Å². The number of nitrogens with zero attached hydrogens (tertiary/aromatic N) is 2. The summed E-state index contributed by atoms with van der Waals surface area (Å²) in [5.74, 6) is 0. The maximum atomic E-state index is 12.0. The summed E-state index contributed by atoms with van der Waals surface area (Å²) in [4.78, 5) is 0. The van der Waals surface area contributed by atoms with Crippen LogP contribution < -0.4 is 4.72 Å². The molecule has 0 fully saturated rings. The normalized spacial score (nSPS) is 21.0. The van der Waals surface area contributed by atoms with E-state index in [0.717, 1.165) is 18.7 Å². The molecule has 17 heavy (non-hydrogen) atoms. The van der Waals surface area contributed by atoms with Crippen LogP contribution in [-0.4, -0.2) is 13.9 Å². The van der Waals surface area contributed by atoms with Crippen molar-refractivity contribution in [3.05, 3.63) is 23.5 Å². The van der Waals surface area contributed by atoms with Crippen molar-refractivity contribution < 1.29 is 4.55 Å². The molecule has 1 aromatic heterocycles. The average molecular weight is 251 g/mol. The second kappa shape index (κ2) is 4.37. The summed E-state index contributed by atoms with van der Waals surface area (Å²) in [5, 5.41) is 8.94. The van der Waals surface area contributed by atoms with E-state index in [1.807, 2.05) is 37.5 Å². The topological polar surface area (TPSA) is 63.8 Å². The van der Waals surface area contributed by atoms with E-state index in [1.165, 1.54) is 0 Å². The van der Waals surface area contributed by atoms with Crippen LogP contribution in [0.2, 0.25) is 0 Å². The Balaban J connectivity index is 2.13. The van der Waals surface area contributed by atoms with Crippen LogP contribution in [0.5, 0.6) is 0 Å².